The van der Waals surface area contributed by atoms with E-state index in [0.717, 1.165) is 22.4 Å². The number of esters is 3. The summed E-state index contributed by atoms with van der Waals surface area (Å²) in [5.74, 6) is -2.09. The molecule has 3 aliphatic rings. The minimum atomic E-state index is -1.10. The molecule has 3 atom stereocenters. The summed E-state index contributed by atoms with van der Waals surface area (Å²) < 4.78 is 15.7. The molecule has 1 fully saturated rings. The lowest BCUT2D eigenvalue weighted by Crippen LogP contribution is -2.52. The lowest BCUT2D eigenvalue weighted by atomic mass is 9.66. The fourth-order valence-electron chi connectivity index (χ4n) is 7.00. The Morgan fingerprint density at radius 2 is 1.42 bits per heavy atom. The molecule has 2 amide bonds. The summed E-state index contributed by atoms with van der Waals surface area (Å²) >= 11 is 0. The molecule has 6 rings (SSSR count). The van der Waals surface area contributed by atoms with Gasteiger partial charge in [0.2, 0.25) is 0 Å². The van der Waals surface area contributed by atoms with Crippen LogP contribution >= 0.6 is 0 Å². The van der Waals surface area contributed by atoms with E-state index in [2.05, 4.69) is 5.32 Å². The molecule has 0 radical (unpaired) electrons. The number of fused-ring (bicyclic) bond motifs is 1. The van der Waals surface area contributed by atoms with Crippen LogP contribution in [-0.2, 0) is 47.1 Å². The first kappa shape index (κ1) is 29.7. The summed E-state index contributed by atoms with van der Waals surface area (Å²) in [6.07, 6.45) is 1.61. The second-order valence-electron chi connectivity index (χ2n) is 11.1. The van der Waals surface area contributed by atoms with E-state index in [4.69, 9.17) is 14.2 Å². The van der Waals surface area contributed by atoms with Gasteiger partial charge in [-0.3, -0.25) is 4.90 Å². The standard InChI is InChI=1S/C35H33N3O7/c1-43-31(39)24-18-28-35(19-27(32(40)44-2)38(28)34(42)36-20-22-12-6-4-7-13-22)25-16-10-11-17-26(25)37(21-23-14-8-5-9-15-23)30(35)29(24)33(41)45-3/h4-18,27,30H,19-21H2,1-3H3,(H,36,42)/t27-,30-,35+/m0/s1. The second-order valence-corrected chi connectivity index (χ2v) is 11.1. The van der Waals surface area contributed by atoms with E-state index in [0.29, 0.717) is 12.2 Å². The summed E-state index contributed by atoms with van der Waals surface area (Å²) in [5.41, 5.74) is 2.79. The van der Waals surface area contributed by atoms with Crippen LogP contribution in [0.15, 0.2) is 108 Å². The normalized spacial score (nSPS) is 21.3. The van der Waals surface area contributed by atoms with Crippen LogP contribution in [-0.4, -0.2) is 62.3 Å². The Morgan fingerprint density at radius 1 is 0.800 bits per heavy atom. The topological polar surface area (TPSA) is 114 Å². The molecule has 45 heavy (non-hydrogen) atoms. The van der Waals surface area contributed by atoms with Crippen LogP contribution in [0.4, 0.5) is 10.5 Å². The van der Waals surface area contributed by atoms with Crippen LogP contribution in [0.1, 0.15) is 23.1 Å². The fourth-order valence-corrected chi connectivity index (χ4v) is 7.00. The molecule has 10 nitrogen and oxygen atoms in total. The molecule has 1 aliphatic carbocycles. The molecular weight excluding hydrogens is 574 g/mol. The minimum Gasteiger partial charge on any atom is -0.467 e. The number of nitrogens with one attached hydrogen (secondary N) is 1. The molecule has 2 aliphatic heterocycles. The van der Waals surface area contributed by atoms with Crippen LogP contribution in [0.2, 0.25) is 0 Å². The van der Waals surface area contributed by atoms with E-state index in [9.17, 15) is 19.2 Å². The number of ether oxygens (including phenoxy) is 3. The molecule has 1 saturated heterocycles. The number of para-hydroxylation sites is 1. The summed E-state index contributed by atoms with van der Waals surface area (Å²) in [7, 11) is 3.76. The number of urea groups is 1. The quantitative estimate of drug-likeness (QED) is 0.317. The van der Waals surface area contributed by atoms with Gasteiger partial charge in [-0.2, -0.15) is 0 Å². The molecule has 230 valence electrons. The lowest BCUT2D eigenvalue weighted by molar-refractivity contribution is -0.144. The van der Waals surface area contributed by atoms with Gasteiger partial charge in [0.15, 0.2) is 0 Å². The van der Waals surface area contributed by atoms with Gasteiger partial charge in [0.1, 0.15) is 6.04 Å². The first-order valence-electron chi connectivity index (χ1n) is 14.6. The Hall–Kier alpha value is -5.38. The fraction of sp³-hybridized carbons (Fsp3) is 0.257. The molecule has 1 spiro atoms. The van der Waals surface area contributed by atoms with Crippen molar-refractivity contribution >= 4 is 29.6 Å². The van der Waals surface area contributed by atoms with Crippen molar-refractivity contribution < 1.29 is 33.4 Å². The third kappa shape index (κ3) is 4.82. The van der Waals surface area contributed by atoms with Gasteiger partial charge < -0.3 is 24.4 Å². The van der Waals surface area contributed by atoms with E-state index in [1.165, 1.54) is 32.3 Å². The number of anilines is 1. The van der Waals surface area contributed by atoms with Gasteiger partial charge in [-0.1, -0.05) is 78.9 Å². The van der Waals surface area contributed by atoms with E-state index < -0.39 is 41.4 Å². The van der Waals surface area contributed by atoms with Crippen LogP contribution < -0.4 is 10.2 Å². The lowest BCUT2D eigenvalue weighted by Gasteiger charge is -2.42. The summed E-state index contributed by atoms with van der Waals surface area (Å²) in [5, 5.41) is 2.94. The second kappa shape index (κ2) is 12.0. The zero-order valence-corrected chi connectivity index (χ0v) is 25.2. The predicted molar refractivity (Wildman–Crippen MR) is 165 cm³/mol. The number of rotatable bonds is 7. The largest absolute Gasteiger partial charge is 0.467 e. The third-order valence-corrected chi connectivity index (χ3v) is 8.85. The van der Waals surface area contributed by atoms with Gasteiger partial charge in [-0.15, -0.1) is 0 Å². The van der Waals surface area contributed by atoms with Crippen molar-refractivity contribution in [2.45, 2.75) is 37.0 Å². The number of carbonyl (C=O) groups is 4. The number of carbonyl (C=O) groups excluding carboxylic acids is 4. The van der Waals surface area contributed by atoms with E-state index in [1.807, 2.05) is 89.8 Å². The monoisotopic (exact) mass is 607 g/mol. The number of hydrogen-bond acceptors (Lipinski definition) is 8. The molecule has 1 N–H and O–H groups in total. The number of hydrogen-bond donors (Lipinski definition) is 1. The molecule has 0 bridgehead atoms. The predicted octanol–water partition coefficient (Wildman–Crippen LogP) is 4.01. The van der Waals surface area contributed by atoms with Gasteiger partial charge >= 0.3 is 23.9 Å². The maximum absolute atomic E-state index is 14.1. The van der Waals surface area contributed by atoms with Gasteiger partial charge in [0.25, 0.3) is 0 Å². The minimum absolute atomic E-state index is 0.0442. The van der Waals surface area contributed by atoms with Crippen LogP contribution in [0.25, 0.3) is 0 Å². The summed E-state index contributed by atoms with van der Waals surface area (Å²) in [6, 6.07) is 24.4. The molecule has 2 heterocycles. The maximum atomic E-state index is 14.1. The van der Waals surface area contributed by atoms with Crippen molar-refractivity contribution in [3.63, 3.8) is 0 Å². The van der Waals surface area contributed by atoms with Gasteiger partial charge in [-0.25, -0.2) is 19.2 Å². The Labute approximate surface area is 260 Å². The van der Waals surface area contributed by atoms with Gasteiger partial charge in [0.05, 0.1) is 43.9 Å². The number of amides is 2. The maximum Gasteiger partial charge on any atom is 0.338 e. The SMILES string of the molecule is COC(=O)C1=C(C(=O)OC)[C@@H]2N(Cc3ccccc3)c3ccccc3[C@@]23C[C@@H](C(=O)OC)N(C(=O)NCc2ccccc2)C3=C1. The van der Waals surface area contributed by atoms with Crippen molar-refractivity contribution in [1.82, 2.24) is 10.2 Å². The number of likely N-dealkylation sites (tertiary alicyclic amines) is 1. The van der Waals surface area contributed by atoms with E-state index in [-0.39, 0.29) is 24.1 Å². The van der Waals surface area contributed by atoms with Crippen LogP contribution in [0.3, 0.4) is 0 Å². The molecule has 0 unspecified atom stereocenters. The highest BCUT2D eigenvalue weighted by atomic mass is 16.5. The molecule has 10 heteroatoms. The average Bonchev–Trinajstić information content (AvgIpc) is 3.58. The Kier molecular flexibility index (Phi) is 7.88. The summed E-state index contributed by atoms with van der Waals surface area (Å²) in [6.45, 7) is 0.577. The van der Waals surface area contributed by atoms with Crippen molar-refractivity contribution in [1.29, 1.82) is 0 Å². The van der Waals surface area contributed by atoms with Gasteiger partial charge in [-0.05, 0) is 35.3 Å². The molecule has 0 saturated carbocycles. The highest BCUT2D eigenvalue weighted by Crippen LogP contribution is 2.61. The van der Waals surface area contributed by atoms with Crippen LogP contribution in [0.5, 0.6) is 0 Å². The molecular formula is C35H33N3O7. The zero-order valence-electron chi connectivity index (χ0n) is 25.2. The number of benzene rings is 3. The Balaban J connectivity index is 1.58. The van der Waals surface area contributed by atoms with E-state index in [1.54, 1.807) is 0 Å². The first-order chi connectivity index (χ1) is 21.8. The highest BCUT2D eigenvalue weighted by Gasteiger charge is 2.66. The summed E-state index contributed by atoms with van der Waals surface area (Å²) in [4.78, 5) is 58.1. The van der Waals surface area contributed by atoms with E-state index >= 15 is 0 Å². The Morgan fingerprint density at radius 3 is 2.07 bits per heavy atom. The van der Waals surface area contributed by atoms with Gasteiger partial charge in [0, 0.05) is 24.5 Å². The molecule has 0 aromatic heterocycles. The molecule has 3 aromatic rings. The van der Waals surface area contributed by atoms with Crippen molar-refractivity contribution in [2.24, 2.45) is 0 Å². The first-order valence-corrected chi connectivity index (χ1v) is 14.6. The zero-order chi connectivity index (χ0) is 31.7. The van der Waals surface area contributed by atoms with Crippen molar-refractivity contribution in [3.05, 3.63) is 125 Å². The number of methoxy groups -OCH3 is 3. The third-order valence-electron chi connectivity index (χ3n) is 8.85. The average molecular weight is 608 g/mol. The number of nitrogens with zero attached hydrogens (tertiary/aromatic N) is 2. The van der Waals surface area contributed by atoms with Crippen molar-refractivity contribution in [3.8, 4) is 0 Å². The highest BCUT2D eigenvalue weighted by molar-refractivity contribution is 6.06. The van der Waals surface area contributed by atoms with Crippen LogP contribution in [0, 0.1) is 0 Å². The molecule has 3 aromatic carbocycles. The Bertz CT molecular complexity index is 1720. The smallest absolute Gasteiger partial charge is 0.338 e. The van der Waals surface area contributed by atoms with Crippen molar-refractivity contribution in [2.75, 3.05) is 26.2 Å².